The van der Waals surface area contributed by atoms with Gasteiger partial charge in [0.15, 0.2) is 0 Å². The smallest absolute Gasteiger partial charge is 0.253 e. The van der Waals surface area contributed by atoms with Gasteiger partial charge in [0.05, 0.1) is 0 Å². The van der Waals surface area contributed by atoms with E-state index in [2.05, 4.69) is 9.88 Å². The Labute approximate surface area is 135 Å². The maximum Gasteiger partial charge on any atom is 0.253 e. The number of halogens is 1. The molecule has 1 amide bonds. The van der Waals surface area contributed by atoms with Gasteiger partial charge < -0.3 is 4.90 Å². The van der Waals surface area contributed by atoms with Crippen LogP contribution in [-0.4, -0.2) is 53.4 Å². The third kappa shape index (κ3) is 4.13. The van der Waals surface area contributed by atoms with Crippen molar-refractivity contribution in [3.05, 3.63) is 65.7 Å². The first-order valence-corrected chi connectivity index (χ1v) is 7.89. The van der Waals surface area contributed by atoms with E-state index in [4.69, 9.17) is 0 Å². The van der Waals surface area contributed by atoms with E-state index < -0.39 is 0 Å². The van der Waals surface area contributed by atoms with Crippen molar-refractivity contribution in [2.24, 2.45) is 0 Å². The minimum atomic E-state index is -0.319. The van der Waals surface area contributed by atoms with Crippen molar-refractivity contribution in [1.82, 2.24) is 14.8 Å². The minimum Gasteiger partial charge on any atom is -0.336 e. The average Bonchev–Trinajstić information content (AvgIpc) is 2.61. The van der Waals surface area contributed by atoms with E-state index in [9.17, 15) is 9.18 Å². The summed E-state index contributed by atoms with van der Waals surface area (Å²) in [6.07, 6.45) is 2.74. The van der Waals surface area contributed by atoms with Gasteiger partial charge in [0, 0.05) is 56.6 Å². The van der Waals surface area contributed by atoms with E-state index in [1.54, 1.807) is 12.1 Å². The molecule has 1 saturated heterocycles. The summed E-state index contributed by atoms with van der Waals surface area (Å²) in [4.78, 5) is 20.9. The second kappa shape index (κ2) is 7.33. The van der Waals surface area contributed by atoms with Crippen LogP contribution in [0.2, 0.25) is 0 Å². The molecule has 23 heavy (non-hydrogen) atoms. The summed E-state index contributed by atoms with van der Waals surface area (Å²) in [6.45, 7) is 4.09. The van der Waals surface area contributed by atoms with E-state index in [0.717, 1.165) is 31.7 Å². The standard InChI is InChI=1S/C18H20FN3O/c19-16-6-4-15(5-7-16)18(23)22-13-11-21(12-14-22)10-8-17-3-1-2-9-20-17/h1-7,9H,8,10-14H2. The van der Waals surface area contributed by atoms with E-state index in [1.165, 1.54) is 12.1 Å². The fraction of sp³-hybridized carbons (Fsp3) is 0.333. The molecule has 2 aromatic rings. The molecular formula is C18H20FN3O. The van der Waals surface area contributed by atoms with E-state index in [0.29, 0.717) is 18.7 Å². The van der Waals surface area contributed by atoms with Crippen LogP contribution in [0.15, 0.2) is 48.7 Å². The topological polar surface area (TPSA) is 36.4 Å². The molecule has 120 valence electrons. The molecule has 4 nitrogen and oxygen atoms in total. The molecule has 0 saturated carbocycles. The number of piperazine rings is 1. The molecule has 0 N–H and O–H groups in total. The highest BCUT2D eigenvalue weighted by molar-refractivity contribution is 5.94. The number of pyridine rings is 1. The number of hydrogen-bond donors (Lipinski definition) is 0. The summed E-state index contributed by atoms with van der Waals surface area (Å²) in [5.41, 5.74) is 1.64. The van der Waals surface area contributed by atoms with Crippen molar-refractivity contribution >= 4 is 5.91 Å². The van der Waals surface area contributed by atoms with E-state index in [1.807, 2.05) is 29.3 Å². The molecule has 0 spiro atoms. The molecule has 1 aromatic heterocycles. The van der Waals surface area contributed by atoms with Gasteiger partial charge in [-0.15, -0.1) is 0 Å². The van der Waals surface area contributed by atoms with Crippen LogP contribution in [0.25, 0.3) is 0 Å². The number of aromatic nitrogens is 1. The lowest BCUT2D eigenvalue weighted by atomic mass is 10.1. The molecule has 1 aliphatic heterocycles. The van der Waals surface area contributed by atoms with Gasteiger partial charge in [-0.2, -0.15) is 0 Å². The van der Waals surface area contributed by atoms with Crippen LogP contribution in [0.4, 0.5) is 4.39 Å². The van der Waals surface area contributed by atoms with Gasteiger partial charge in [-0.25, -0.2) is 4.39 Å². The number of hydrogen-bond acceptors (Lipinski definition) is 3. The van der Waals surface area contributed by atoms with Crippen LogP contribution in [0.5, 0.6) is 0 Å². The molecule has 2 heterocycles. The third-order valence-corrected chi connectivity index (χ3v) is 4.16. The summed E-state index contributed by atoms with van der Waals surface area (Å²) < 4.78 is 12.9. The first kappa shape index (κ1) is 15.6. The fourth-order valence-electron chi connectivity index (χ4n) is 2.77. The summed E-state index contributed by atoms with van der Waals surface area (Å²) in [5, 5.41) is 0. The molecule has 1 aliphatic rings. The summed E-state index contributed by atoms with van der Waals surface area (Å²) in [5.74, 6) is -0.338. The maximum atomic E-state index is 12.9. The maximum absolute atomic E-state index is 12.9. The zero-order valence-corrected chi connectivity index (χ0v) is 13.0. The zero-order valence-electron chi connectivity index (χ0n) is 13.0. The van der Waals surface area contributed by atoms with E-state index >= 15 is 0 Å². The molecular weight excluding hydrogens is 293 g/mol. The molecule has 0 bridgehead atoms. The van der Waals surface area contributed by atoms with Gasteiger partial charge >= 0.3 is 0 Å². The summed E-state index contributed by atoms with van der Waals surface area (Å²) in [6, 6.07) is 11.7. The van der Waals surface area contributed by atoms with Crippen LogP contribution < -0.4 is 0 Å². The van der Waals surface area contributed by atoms with Gasteiger partial charge in [0.1, 0.15) is 5.82 Å². The van der Waals surface area contributed by atoms with Crippen LogP contribution in [-0.2, 0) is 6.42 Å². The van der Waals surface area contributed by atoms with Crippen LogP contribution in [0, 0.1) is 5.82 Å². The van der Waals surface area contributed by atoms with Gasteiger partial charge in [-0.3, -0.25) is 14.7 Å². The van der Waals surface area contributed by atoms with Crippen molar-refractivity contribution in [3.8, 4) is 0 Å². The minimum absolute atomic E-state index is 0.0191. The highest BCUT2D eigenvalue weighted by Gasteiger charge is 2.21. The summed E-state index contributed by atoms with van der Waals surface area (Å²) >= 11 is 0. The number of benzene rings is 1. The van der Waals surface area contributed by atoms with Crippen LogP contribution in [0.1, 0.15) is 16.1 Å². The Morgan fingerprint density at radius 2 is 1.78 bits per heavy atom. The fourth-order valence-corrected chi connectivity index (χ4v) is 2.77. The highest BCUT2D eigenvalue weighted by atomic mass is 19.1. The lowest BCUT2D eigenvalue weighted by molar-refractivity contribution is 0.0638. The summed E-state index contributed by atoms with van der Waals surface area (Å²) in [7, 11) is 0. The molecule has 0 unspecified atom stereocenters. The Balaban J connectivity index is 1.48. The van der Waals surface area contributed by atoms with E-state index in [-0.39, 0.29) is 11.7 Å². The zero-order chi connectivity index (χ0) is 16.1. The van der Waals surface area contributed by atoms with Crippen molar-refractivity contribution in [2.75, 3.05) is 32.7 Å². The van der Waals surface area contributed by atoms with Gasteiger partial charge in [0.25, 0.3) is 5.91 Å². The number of carbonyl (C=O) groups excluding carboxylic acids is 1. The van der Waals surface area contributed by atoms with Crippen LogP contribution >= 0.6 is 0 Å². The second-order valence-corrected chi connectivity index (χ2v) is 5.71. The average molecular weight is 313 g/mol. The van der Waals surface area contributed by atoms with Gasteiger partial charge in [-0.05, 0) is 36.4 Å². The monoisotopic (exact) mass is 313 g/mol. The Morgan fingerprint density at radius 1 is 1.04 bits per heavy atom. The number of rotatable bonds is 4. The van der Waals surface area contributed by atoms with Gasteiger partial charge in [0.2, 0.25) is 0 Å². The third-order valence-electron chi connectivity index (χ3n) is 4.16. The SMILES string of the molecule is O=C(c1ccc(F)cc1)N1CCN(CCc2ccccn2)CC1. The lowest BCUT2D eigenvalue weighted by Crippen LogP contribution is -2.49. The molecule has 1 aromatic carbocycles. The first-order valence-electron chi connectivity index (χ1n) is 7.89. The molecule has 0 atom stereocenters. The molecule has 3 rings (SSSR count). The van der Waals surface area contributed by atoms with Crippen molar-refractivity contribution in [3.63, 3.8) is 0 Å². The Morgan fingerprint density at radius 3 is 2.43 bits per heavy atom. The van der Waals surface area contributed by atoms with Crippen molar-refractivity contribution in [1.29, 1.82) is 0 Å². The number of nitrogens with zero attached hydrogens (tertiary/aromatic N) is 3. The quantitative estimate of drug-likeness (QED) is 0.868. The predicted molar refractivity (Wildman–Crippen MR) is 86.7 cm³/mol. The molecule has 0 radical (unpaired) electrons. The number of amides is 1. The second-order valence-electron chi connectivity index (χ2n) is 5.71. The normalized spacial score (nSPS) is 15.6. The van der Waals surface area contributed by atoms with Crippen molar-refractivity contribution < 1.29 is 9.18 Å². The first-order chi connectivity index (χ1) is 11.2. The Bertz CT molecular complexity index is 637. The van der Waals surface area contributed by atoms with Gasteiger partial charge in [-0.1, -0.05) is 6.07 Å². The Hall–Kier alpha value is -2.27. The van der Waals surface area contributed by atoms with Crippen molar-refractivity contribution in [2.45, 2.75) is 6.42 Å². The molecule has 1 fully saturated rings. The predicted octanol–water partition coefficient (Wildman–Crippen LogP) is 2.22. The van der Waals surface area contributed by atoms with Crippen LogP contribution in [0.3, 0.4) is 0 Å². The Kier molecular flexibility index (Phi) is 4.98. The number of carbonyl (C=O) groups is 1. The largest absolute Gasteiger partial charge is 0.336 e. The molecule has 5 heteroatoms. The highest BCUT2D eigenvalue weighted by Crippen LogP contribution is 2.10. The molecule has 0 aliphatic carbocycles. The lowest BCUT2D eigenvalue weighted by Gasteiger charge is -2.34.